The minimum atomic E-state index is -0.345. The van der Waals surface area contributed by atoms with E-state index >= 15 is 0 Å². The van der Waals surface area contributed by atoms with Crippen LogP contribution in [-0.4, -0.2) is 42.2 Å². The first kappa shape index (κ1) is 17.1. The van der Waals surface area contributed by atoms with Crippen molar-refractivity contribution in [3.8, 4) is 0 Å². The molecule has 0 bridgehead atoms. The van der Waals surface area contributed by atoms with Crippen molar-refractivity contribution >= 4 is 35.1 Å². The lowest BCUT2D eigenvalue weighted by Crippen LogP contribution is -2.39. The van der Waals surface area contributed by atoms with Gasteiger partial charge in [0.05, 0.1) is 0 Å². The fraction of sp³-hybridized carbons (Fsp3) is 0.529. The van der Waals surface area contributed by atoms with Gasteiger partial charge in [0.1, 0.15) is 6.10 Å². The van der Waals surface area contributed by atoms with Crippen molar-refractivity contribution in [2.24, 2.45) is 0 Å². The van der Waals surface area contributed by atoms with E-state index in [0.29, 0.717) is 18.0 Å². The first-order valence-corrected chi connectivity index (χ1v) is 9.54. The molecule has 3 N–H and O–H groups in total. The summed E-state index contributed by atoms with van der Waals surface area (Å²) in [4.78, 5) is 24.0. The SMILES string of the molecule is O=C(Nc1ccc(NC(=O)C2CCCO2)cc1)NC1CCSCC1. The van der Waals surface area contributed by atoms with Crippen LogP contribution in [0.15, 0.2) is 24.3 Å². The molecule has 3 rings (SSSR count). The van der Waals surface area contributed by atoms with E-state index in [1.165, 1.54) is 0 Å². The van der Waals surface area contributed by atoms with Crippen LogP contribution in [0.1, 0.15) is 25.7 Å². The van der Waals surface area contributed by atoms with Crippen LogP contribution in [-0.2, 0) is 9.53 Å². The van der Waals surface area contributed by atoms with Gasteiger partial charge < -0.3 is 20.7 Å². The summed E-state index contributed by atoms with van der Waals surface area (Å²) in [5, 5.41) is 8.67. The maximum absolute atomic E-state index is 12.0. The van der Waals surface area contributed by atoms with Gasteiger partial charge >= 0.3 is 6.03 Å². The second-order valence-electron chi connectivity index (χ2n) is 6.05. The van der Waals surface area contributed by atoms with E-state index in [9.17, 15) is 9.59 Å². The van der Waals surface area contributed by atoms with Gasteiger partial charge in [-0.25, -0.2) is 4.79 Å². The first-order valence-electron chi connectivity index (χ1n) is 8.38. The minimum Gasteiger partial charge on any atom is -0.368 e. The molecule has 2 aliphatic heterocycles. The summed E-state index contributed by atoms with van der Waals surface area (Å²) in [5.41, 5.74) is 1.40. The normalized spacial score (nSPS) is 21.2. The molecule has 2 fully saturated rings. The van der Waals surface area contributed by atoms with Crippen LogP contribution in [0.2, 0.25) is 0 Å². The summed E-state index contributed by atoms with van der Waals surface area (Å²) in [6.45, 7) is 0.649. The minimum absolute atomic E-state index is 0.110. The van der Waals surface area contributed by atoms with Crippen LogP contribution in [0.5, 0.6) is 0 Å². The zero-order chi connectivity index (χ0) is 16.8. The van der Waals surface area contributed by atoms with E-state index in [1.54, 1.807) is 24.3 Å². The summed E-state index contributed by atoms with van der Waals surface area (Å²) in [6, 6.07) is 7.20. The fourth-order valence-corrected chi connectivity index (χ4v) is 3.95. The largest absolute Gasteiger partial charge is 0.368 e. The number of carbonyl (C=O) groups is 2. The van der Waals surface area contributed by atoms with Crippen LogP contribution < -0.4 is 16.0 Å². The summed E-state index contributed by atoms with van der Waals surface area (Å²) >= 11 is 1.93. The molecule has 0 aromatic heterocycles. The molecule has 2 heterocycles. The molecule has 1 atom stereocenters. The van der Waals surface area contributed by atoms with Crippen molar-refractivity contribution in [3.63, 3.8) is 0 Å². The fourth-order valence-electron chi connectivity index (χ4n) is 2.84. The second-order valence-corrected chi connectivity index (χ2v) is 7.28. The van der Waals surface area contributed by atoms with Crippen molar-refractivity contribution < 1.29 is 14.3 Å². The Morgan fingerprint density at radius 2 is 1.67 bits per heavy atom. The Bertz CT molecular complexity index is 567. The van der Waals surface area contributed by atoms with Gasteiger partial charge in [0.2, 0.25) is 0 Å². The molecule has 0 radical (unpaired) electrons. The average Bonchev–Trinajstić information content (AvgIpc) is 3.12. The van der Waals surface area contributed by atoms with Crippen molar-refractivity contribution in [2.75, 3.05) is 28.7 Å². The summed E-state index contributed by atoms with van der Waals surface area (Å²) in [6.07, 6.45) is 3.39. The average molecular weight is 349 g/mol. The third kappa shape index (κ3) is 4.88. The van der Waals surface area contributed by atoms with Crippen LogP contribution >= 0.6 is 11.8 Å². The third-order valence-electron chi connectivity index (χ3n) is 4.19. The Morgan fingerprint density at radius 3 is 2.29 bits per heavy atom. The number of hydrogen-bond donors (Lipinski definition) is 3. The Hall–Kier alpha value is -1.73. The highest BCUT2D eigenvalue weighted by Crippen LogP contribution is 2.19. The lowest BCUT2D eigenvalue weighted by Gasteiger charge is -2.22. The Balaban J connectivity index is 1.46. The van der Waals surface area contributed by atoms with Crippen molar-refractivity contribution in [1.29, 1.82) is 0 Å². The van der Waals surface area contributed by atoms with E-state index in [1.807, 2.05) is 11.8 Å². The Morgan fingerprint density at radius 1 is 1.00 bits per heavy atom. The third-order valence-corrected chi connectivity index (χ3v) is 5.24. The molecule has 0 aliphatic carbocycles. The number of amides is 3. The monoisotopic (exact) mass is 349 g/mol. The van der Waals surface area contributed by atoms with Gasteiger partial charge in [-0.15, -0.1) is 0 Å². The predicted molar refractivity (Wildman–Crippen MR) is 96.5 cm³/mol. The van der Waals surface area contributed by atoms with Gasteiger partial charge in [-0.3, -0.25) is 4.79 Å². The first-order chi connectivity index (χ1) is 11.7. The van der Waals surface area contributed by atoms with Gasteiger partial charge in [0, 0.05) is 24.0 Å². The molecule has 7 heteroatoms. The number of nitrogens with one attached hydrogen (secondary N) is 3. The maximum Gasteiger partial charge on any atom is 0.319 e. The number of ether oxygens (including phenoxy) is 1. The number of thioether (sulfide) groups is 1. The van der Waals surface area contributed by atoms with E-state index < -0.39 is 0 Å². The van der Waals surface area contributed by atoms with Crippen LogP contribution in [0.3, 0.4) is 0 Å². The number of benzene rings is 1. The highest BCUT2D eigenvalue weighted by molar-refractivity contribution is 7.99. The molecule has 1 aromatic rings. The highest BCUT2D eigenvalue weighted by Gasteiger charge is 2.23. The van der Waals surface area contributed by atoms with Gasteiger partial charge in [0.25, 0.3) is 5.91 Å². The Kier molecular flexibility index (Phi) is 5.98. The maximum atomic E-state index is 12.0. The zero-order valence-corrected chi connectivity index (χ0v) is 14.4. The number of urea groups is 1. The van der Waals surface area contributed by atoms with E-state index in [2.05, 4.69) is 16.0 Å². The molecule has 0 spiro atoms. The van der Waals surface area contributed by atoms with Crippen molar-refractivity contribution in [3.05, 3.63) is 24.3 Å². The van der Waals surface area contributed by atoms with E-state index in [0.717, 1.165) is 37.2 Å². The quantitative estimate of drug-likeness (QED) is 0.781. The molecular weight excluding hydrogens is 326 g/mol. The van der Waals surface area contributed by atoms with Gasteiger partial charge in [-0.1, -0.05) is 0 Å². The lowest BCUT2D eigenvalue weighted by atomic mass is 10.2. The molecule has 1 unspecified atom stereocenters. The summed E-state index contributed by atoms with van der Waals surface area (Å²) in [7, 11) is 0. The number of rotatable bonds is 4. The van der Waals surface area contributed by atoms with Gasteiger partial charge in [0.15, 0.2) is 0 Å². The molecule has 3 amide bonds. The Labute approximate surface area is 146 Å². The molecule has 130 valence electrons. The number of carbonyl (C=O) groups excluding carboxylic acids is 2. The molecule has 2 saturated heterocycles. The smallest absolute Gasteiger partial charge is 0.319 e. The zero-order valence-electron chi connectivity index (χ0n) is 13.5. The molecule has 0 saturated carbocycles. The van der Waals surface area contributed by atoms with Crippen molar-refractivity contribution in [1.82, 2.24) is 5.32 Å². The number of anilines is 2. The molecule has 1 aromatic carbocycles. The van der Waals surface area contributed by atoms with Crippen LogP contribution in [0.25, 0.3) is 0 Å². The standard InChI is InChI=1S/C17H23N3O3S/c21-16(15-2-1-9-23-15)18-12-3-5-13(6-4-12)19-17(22)20-14-7-10-24-11-8-14/h3-6,14-15H,1-2,7-11H2,(H,18,21)(H2,19,20,22). The van der Waals surface area contributed by atoms with E-state index in [-0.39, 0.29) is 24.1 Å². The van der Waals surface area contributed by atoms with Gasteiger partial charge in [-0.2, -0.15) is 11.8 Å². The summed E-state index contributed by atoms with van der Waals surface area (Å²) < 4.78 is 5.36. The molecule has 2 aliphatic rings. The van der Waals surface area contributed by atoms with Crippen molar-refractivity contribution in [2.45, 2.75) is 37.8 Å². The molecule has 6 nitrogen and oxygen atoms in total. The lowest BCUT2D eigenvalue weighted by molar-refractivity contribution is -0.124. The van der Waals surface area contributed by atoms with E-state index in [4.69, 9.17) is 4.74 Å². The van der Waals surface area contributed by atoms with Crippen LogP contribution in [0, 0.1) is 0 Å². The summed E-state index contributed by atoms with van der Waals surface area (Å²) in [5.74, 6) is 2.09. The molecular formula is C17H23N3O3S. The molecule has 24 heavy (non-hydrogen) atoms. The highest BCUT2D eigenvalue weighted by atomic mass is 32.2. The predicted octanol–water partition coefficient (Wildman–Crippen LogP) is 2.82. The number of hydrogen-bond acceptors (Lipinski definition) is 4. The topological polar surface area (TPSA) is 79.5 Å². The van der Waals surface area contributed by atoms with Gasteiger partial charge in [-0.05, 0) is 61.5 Å². The van der Waals surface area contributed by atoms with Crippen LogP contribution in [0.4, 0.5) is 16.2 Å². The second kappa shape index (κ2) is 8.39.